The van der Waals surface area contributed by atoms with Crippen LogP contribution in [0, 0.1) is 6.92 Å². The third-order valence-electron chi connectivity index (χ3n) is 7.11. The molecule has 0 radical (unpaired) electrons. The van der Waals surface area contributed by atoms with Crippen molar-refractivity contribution in [1.29, 1.82) is 0 Å². The van der Waals surface area contributed by atoms with Gasteiger partial charge in [-0.25, -0.2) is 4.98 Å². The van der Waals surface area contributed by atoms with Crippen molar-refractivity contribution in [1.82, 2.24) is 25.1 Å². The van der Waals surface area contributed by atoms with E-state index in [9.17, 15) is 0 Å². The number of hydrogen-bond acceptors (Lipinski definition) is 8. The zero-order valence-electron chi connectivity index (χ0n) is 18.6. The van der Waals surface area contributed by atoms with Gasteiger partial charge in [-0.1, -0.05) is 0 Å². The van der Waals surface area contributed by atoms with Crippen LogP contribution in [-0.2, 0) is 17.6 Å². The van der Waals surface area contributed by atoms with E-state index in [4.69, 9.17) is 14.7 Å². The molecule has 170 valence electrons. The Balaban J connectivity index is 1.23. The smallest absolute Gasteiger partial charge is 0.231 e. The van der Waals surface area contributed by atoms with E-state index in [1.807, 2.05) is 24.3 Å². The third-order valence-corrected chi connectivity index (χ3v) is 8.30. The molecule has 3 aromatic rings. The maximum atomic E-state index is 5.54. The second-order valence-corrected chi connectivity index (χ2v) is 10.4. The first-order valence-corrected chi connectivity index (χ1v) is 12.7. The highest BCUT2D eigenvalue weighted by atomic mass is 32.1. The Morgan fingerprint density at radius 3 is 2.75 bits per heavy atom. The highest BCUT2D eigenvalue weighted by molar-refractivity contribution is 7.19. The van der Waals surface area contributed by atoms with Gasteiger partial charge in [0.2, 0.25) is 5.95 Å². The Morgan fingerprint density at radius 1 is 1.12 bits per heavy atom. The summed E-state index contributed by atoms with van der Waals surface area (Å²) in [5.74, 6) is 2.37. The van der Waals surface area contributed by atoms with Crippen molar-refractivity contribution in [3.8, 4) is 0 Å². The van der Waals surface area contributed by atoms with E-state index >= 15 is 0 Å². The molecule has 9 heteroatoms. The summed E-state index contributed by atoms with van der Waals surface area (Å²) in [7, 11) is 0. The van der Waals surface area contributed by atoms with Gasteiger partial charge in [0.1, 0.15) is 10.6 Å². The minimum Gasteiger partial charge on any atom is -0.379 e. The van der Waals surface area contributed by atoms with Crippen LogP contribution >= 0.6 is 11.3 Å². The lowest BCUT2D eigenvalue weighted by molar-refractivity contribution is 0.00791. The van der Waals surface area contributed by atoms with Gasteiger partial charge in [-0.2, -0.15) is 10.1 Å². The summed E-state index contributed by atoms with van der Waals surface area (Å²) < 4.78 is 5.54. The van der Waals surface area contributed by atoms with Crippen LogP contribution in [0.4, 0.5) is 17.6 Å². The van der Waals surface area contributed by atoms with Crippen molar-refractivity contribution in [3.05, 3.63) is 22.2 Å². The molecule has 32 heavy (non-hydrogen) atoms. The van der Waals surface area contributed by atoms with Gasteiger partial charge in [-0.3, -0.25) is 10.00 Å². The second kappa shape index (κ2) is 8.61. The number of H-pyrrole nitrogens is 1. The van der Waals surface area contributed by atoms with Gasteiger partial charge < -0.3 is 15.4 Å². The summed E-state index contributed by atoms with van der Waals surface area (Å²) in [6, 6.07) is 3.14. The minimum atomic E-state index is 0.461. The highest BCUT2D eigenvalue weighted by Crippen LogP contribution is 2.41. The molecule has 4 heterocycles. The molecule has 2 aliphatic carbocycles. The Kier molecular flexibility index (Phi) is 5.48. The van der Waals surface area contributed by atoms with E-state index in [0.29, 0.717) is 18.0 Å². The standard InChI is InChI=1S/C23H31N7OS/c1-14-13-19(29-28-14)25-23-26-21(20-17-3-2-4-18(17)32-22(20)27-23)24-15-5-7-16(8-6-15)30-9-11-31-12-10-30/h13,15-16H,2-12H2,1H3,(H3,24,25,26,27,28,29)/t15-,16-. The van der Waals surface area contributed by atoms with E-state index in [2.05, 4.69) is 25.7 Å². The second-order valence-electron chi connectivity index (χ2n) is 9.29. The van der Waals surface area contributed by atoms with Crippen LogP contribution < -0.4 is 10.6 Å². The van der Waals surface area contributed by atoms with Gasteiger partial charge in [0.25, 0.3) is 0 Å². The molecule has 0 bridgehead atoms. The number of nitrogens with zero attached hydrogens (tertiary/aromatic N) is 4. The van der Waals surface area contributed by atoms with E-state index in [0.717, 1.165) is 54.9 Å². The minimum absolute atomic E-state index is 0.461. The van der Waals surface area contributed by atoms with Crippen molar-refractivity contribution in [2.45, 2.75) is 64.0 Å². The van der Waals surface area contributed by atoms with Crippen molar-refractivity contribution < 1.29 is 4.74 Å². The van der Waals surface area contributed by atoms with Gasteiger partial charge in [0.15, 0.2) is 5.82 Å². The van der Waals surface area contributed by atoms with Crippen molar-refractivity contribution in [3.63, 3.8) is 0 Å². The first-order chi connectivity index (χ1) is 15.7. The molecule has 3 aliphatic rings. The lowest BCUT2D eigenvalue weighted by atomic mass is 9.90. The maximum absolute atomic E-state index is 5.54. The molecular formula is C23H31N7OS. The van der Waals surface area contributed by atoms with Crippen molar-refractivity contribution in [2.24, 2.45) is 0 Å². The number of hydrogen-bond donors (Lipinski definition) is 3. The fourth-order valence-corrected chi connectivity index (χ4v) is 6.74. The highest BCUT2D eigenvalue weighted by Gasteiger charge is 2.29. The molecule has 0 spiro atoms. The van der Waals surface area contributed by atoms with Crippen LogP contribution in [0.1, 0.15) is 48.2 Å². The topological polar surface area (TPSA) is 91.0 Å². The molecule has 0 amide bonds. The first-order valence-electron chi connectivity index (χ1n) is 11.9. The van der Waals surface area contributed by atoms with Crippen LogP contribution in [0.5, 0.6) is 0 Å². The fraction of sp³-hybridized carbons (Fsp3) is 0.609. The maximum Gasteiger partial charge on any atom is 0.231 e. The number of fused-ring (bicyclic) bond motifs is 3. The summed E-state index contributed by atoms with van der Waals surface area (Å²) in [6.45, 7) is 5.92. The number of anilines is 3. The summed E-state index contributed by atoms with van der Waals surface area (Å²) >= 11 is 1.83. The Labute approximate surface area is 192 Å². The SMILES string of the molecule is Cc1cc(Nc2nc(N[C@H]3CC[C@H](N4CCOCC4)CC3)c3c4c(sc3n2)CCC4)n[nH]1. The molecular weight excluding hydrogens is 422 g/mol. The van der Waals surface area contributed by atoms with Crippen LogP contribution in [0.25, 0.3) is 10.2 Å². The lowest BCUT2D eigenvalue weighted by Crippen LogP contribution is -2.46. The molecule has 8 nitrogen and oxygen atoms in total. The number of nitrogens with one attached hydrogen (secondary N) is 3. The van der Waals surface area contributed by atoms with Crippen LogP contribution in [0.2, 0.25) is 0 Å². The quantitative estimate of drug-likeness (QED) is 0.538. The average molecular weight is 454 g/mol. The molecule has 1 saturated carbocycles. The van der Waals surface area contributed by atoms with Crippen molar-refractivity contribution >= 4 is 39.1 Å². The van der Waals surface area contributed by atoms with Gasteiger partial charge in [-0.15, -0.1) is 11.3 Å². The number of aromatic amines is 1. The molecule has 1 saturated heterocycles. The van der Waals surface area contributed by atoms with E-state index < -0.39 is 0 Å². The number of aryl methyl sites for hydroxylation is 3. The number of thiophene rings is 1. The van der Waals surface area contributed by atoms with Gasteiger partial charge >= 0.3 is 0 Å². The largest absolute Gasteiger partial charge is 0.379 e. The van der Waals surface area contributed by atoms with Gasteiger partial charge in [-0.05, 0) is 57.4 Å². The molecule has 6 rings (SSSR count). The van der Waals surface area contributed by atoms with Gasteiger partial charge in [0.05, 0.1) is 18.6 Å². The van der Waals surface area contributed by atoms with E-state index in [1.165, 1.54) is 54.4 Å². The first kappa shape index (κ1) is 20.4. The van der Waals surface area contributed by atoms with Crippen molar-refractivity contribution in [2.75, 3.05) is 36.9 Å². The number of rotatable bonds is 5. The Morgan fingerprint density at radius 2 is 1.97 bits per heavy atom. The molecule has 0 aromatic carbocycles. The van der Waals surface area contributed by atoms with Crippen LogP contribution in [-0.4, -0.2) is 63.5 Å². The lowest BCUT2D eigenvalue weighted by Gasteiger charge is -2.39. The molecule has 1 aliphatic heterocycles. The summed E-state index contributed by atoms with van der Waals surface area (Å²) in [5, 5.41) is 15.7. The zero-order chi connectivity index (χ0) is 21.5. The van der Waals surface area contributed by atoms with Crippen LogP contribution in [0.3, 0.4) is 0 Å². The molecule has 0 atom stereocenters. The van der Waals surface area contributed by atoms with E-state index in [1.54, 1.807) is 0 Å². The fourth-order valence-electron chi connectivity index (χ4n) is 5.47. The zero-order valence-corrected chi connectivity index (χ0v) is 19.4. The molecule has 2 fully saturated rings. The van der Waals surface area contributed by atoms with Crippen LogP contribution in [0.15, 0.2) is 6.07 Å². The summed E-state index contributed by atoms with van der Waals surface area (Å²) in [5.41, 5.74) is 2.48. The predicted octanol–water partition coefficient (Wildman–Crippen LogP) is 4.01. The summed E-state index contributed by atoms with van der Waals surface area (Å²) in [4.78, 5) is 15.0. The third kappa shape index (κ3) is 3.97. The number of ether oxygens (including phenoxy) is 1. The molecule has 3 N–H and O–H groups in total. The Bertz CT molecular complexity index is 1100. The van der Waals surface area contributed by atoms with E-state index in [-0.39, 0.29) is 0 Å². The molecule has 3 aromatic heterocycles. The predicted molar refractivity (Wildman–Crippen MR) is 128 cm³/mol. The average Bonchev–Trinajstić information content (AvgIpc) is 3.51. The molecule has 0 unspecified atom stereocenters. The normalized spacial score (nSPS) is 24.0. The van der Waals surface area contributed by atoms with Gasteiger partial charge in [0, 0.05) is 41.8 Å². The Hall–Kier alpha value is -2.23. The number of morpholine rings is 1. The number of aromatic nitrogens is 4. The monoisotopic (exact) mass is 453 g/mol. The summed E-state index contributed by atoms with van der Waals surface area (Å²) in [6.07, 6.45) is 8.40.